The van der Waals surface area contributed by atoms with Gasteiger partial charge >= 0.3 is 0 Å². The Balaban J connectivity index is 1.92. The van der Waals surface area contributed by atoms with E-state index in [2.05, 4.69) is 31.1 Å². The van der Waals surface area contributed by atoms with E-state index < -0.39 is 0 Å². The summed E-state index contributed by atoms with van der Waals surface area (Å²) < 4.78 is 6.35. The number of pyridine rings is 1. The van der Waals surface area contributed by atoms with Gasteiger partial charge in [-0.1, -0.05) is 15.9 Å². The quantitative estimate of drug-likeness (QED) is 0.477. The van der Waals surface area contributed by atoms with E-state index in [9.17, 15) is 0 Å². The van der Waals surface area contributed by atoms with Gasteiger partial charge in [0.1, 0.15) is 17.4 Å². The Morgan fingerprint density at radius 2 is 1.81 bits per heavy atom. The standard InChI is InChI=1S/C20H18BrN5O/c1-12-9-19(25-24-12)26(15-5-3-14(21)4-6-15)18-11-13-10-16(27-2)7-8-17(13)20(22)23-18/h3-11H,1-2H3,(H2,22,23)(H,24,25). The lowest BCUT2D eigenvalue weighted by Crippen LogP contribution is -2.13. The maximum Gasteiger partial charge on any atom is 0.160 e. The van der Waals surface area contributed by atoms with Gasteiger partial charge in [-0.2, -0.15) is 5.10 Å². The summed E-state index contributed by atoms with van der Waals surface area (Å²) in [6.45, 7) is 1.96. The number of aromatic amines is 1. The summed E-state index contributed by atoms with van der Waals surface area (Å²) in [7, 11) is 1.65. The van der Waals surface area contributed by atoms with E-state index in [1.165, 1.54) is 0 Å². The summed E-state index contributed by atoms with van der Waals surface area (Å²) in [5.41, 5.74) is 8.15. The van der Waals surface area contributed by atoms with Crippen molar-refractivity contribution in [3.05, 3.63) is 64.8 Å². The molecule has 2 aromatic carbocycles. The molecule has 0 unspecified atom stereocenters. The molecule has 0 saturated carbocycles. The van der Waals surface area contributed by atoms with E-state index in [0.29, 0.717) is 11.6 Å². The van der Waals surface area contributed by atoms with Crippen molar-refractivity contribution in [1.29, 1.82) is 0 Å². The first-order valence-corrected chi connectivity index (χ1v) is 9.16. The molecule has 7 heteroatoms. The van der Waals surface area contributed by atoms with Gasteiger partial charge in [-0.3, -0.25) is 10.00 Å². The number of anilines is 4. The number of nitrogens with one attached hydrogen (secondary N) is 1. The van der Waals surface area contributed by atoms with Crippen LogP contribution >= 0.6 is 15.9 Å². The van der Waals surface area contributed by atoms with Crippen molar-refractivity contribution in [2.45, 2.75) is 6.92 Å². The first kappa shape index (κ1) is 17.4. The van der Waals surface area contributed by atoms with Gasteiger partial charge in [-0.05, 0) is 60.8 Å². The lowest BCUT2D eigenvalue weighted by molar-refractivity contribution is 0.415. The molecule has 0 spiro atoms. The van der Waals surface area contributed by atoms with Gasteiger partial charge in [-0.25, -0.2) is 4.98 Å². The topological polar surface area (TPSA) is 80.1 Å². The number of benzene rings is 2. The Labute approximate surface area is 165 Å². The highest BCUT2D eigenvalue weighted by atomic mass is 79.9. The molecule has 0 aliphatic carbocycles. The van der Waals surface area contributed by atoms with Gasteiger partial charge in [0.2, 0.25) is 0 Å². The molecular weight excluding hydrogens is 406 g/mol. The first-order valence-electron chi connectivity index (χ1n) is 8.37. The number of halogens is 1. The second-order valence-corrected chi connectivity index (χ2v) is 7.09. The lowest BCUT2D eigenvalue weighted by Gasteiger charge is -2.22. The van der Waals surface area contributed by atoms with E-state index in [1.54, 1.807) is 7.11 Å². The molecule has 4 aromatic rings. The van der Waals surface area contributed by atoms with Gasteiger partial charge in [0.15, 0.2) is 5.82 Å². The van der Waals surface area contributed by atoms with Crippen molar-refractivity contribution < 1.29 is 4.74 Å². The number of hydrogen-bond acceptors (Lipinski definition) is 5. The number of ether oxygens (including phenoxy) is 1. The number of hydrogen-bond donors (Lipinski definition) is 2. The normalized spacial score (nSPS) is 10.9. The first-order chi connectivity index (χ1) is 13.0. The van der Waals surface area contributed by atoms with Gasteiger partial charge in [0.05, 0.1) is 7.11 Å². The molecule has 0 atom stereocenters. The molecule has 4 rings (SSSR count). The van der Waals surface area contributed by atoms with Crippen molar-refractivity contribution in [3.8, 4) is 5.75 Å². The van der Waals surface area contributed by atoms with Gasteiger partial charge in [0, 0.05) is 27.3 Å². The minimum atomic E-state index is 0.458. The Hall–Kier alpha value is -3.06. The van der Waals surface area contributed by atoms with Crippen LogP contribution in [0.4, 0.5) is 23.1 Å². The molecule has 0 fully saturated rings. The predicted octanol–water partition coefficient (Wildman–Crippen LogP) is 5.09. The number of nitrogens with two attached hydrogens (primary N) is 1. The molecule has 0 saturated heterocycles. The third kappa shape index (κ3) is 3.33. The molecule has 27 heavy (non-hydrogen) atoms. The van der Waals surface area contributed by atoms with Crippen molar-refractivity contribution in [3.63, 3.8) is 0 Å². The van der Waals surface area contributed by atoms with E-state index >= 15 is 0 Å². The van der Waals surface area contributed by atoms with Crippen LogP contribution in [0.2, 0.25) is 0 Å². The predicted molar refractivity (Wildman–Crippen MR) is 112 cm³/mol. The van der Waals surface area contributed by atoms with Crippen LogP contribution in [0.25, 0.3) is 10.8 Å². The number of nitrogen functional groups attached to an aromatic ring is 1. The zero-order chi connectivity index (χ0) is 19.0. The minimum absolute atomic E-state index is 0.458. The van der Waals surface area contributed by atoms with Crippen LogP contribution in [0, 0.1) is 6.92 Å². The molecule has 2 aromatic heterocycles. The van der Waals surface area contributed by atoms with Crippen molar-refractivity contribution in [1.82, 2.24) is 15.2 Å². The molecular formula is C20H18BrN5O. The summed E-state index contributed by atoms with van der Waals surface area (Å²) in [6, 6.07) is 17.7. The van der Waals surface area contributed by atoms with Crippen LogP contribution in [-0.2, 0) is 0 Å². The Morgan fingerprint density at radius 3 is 2.48 bits per heavy atom. The van der Waals surface area contributed by atoms with Crippen LogP contribution in [0.15, 0.2) is 59.1 Å². The molecule has 136 valence electrons. The second-order valence-electron chi connectivity index (χ2n) is 6.17. The number of H-pyrrole nitrogens is 1. The smallest absolute Gasteiger partial charge is 0.160 e. The highest BCUT2D eigenvalue weighted by Crippen LogP contribution is 2.36. The van der Waals surface area contributed by atoms with Crippen LogP contribution in [0.1, 0.15) is 5.69 Å². The third-order valence-corrected chi connectivity index (χ3v) is 4.82. The van der Waals surface area contributed by atoms with E-state index in [-0.39, 0.29) is 0 Å². The van der Waals surface area contributed by atoms with Crippen LogP contribution in [0.5, 0.6) is 5.75 Å². The van der Waals surface area contributed by atoms with E-state index in [1.807, 2.05) is 66.4 Å². The van der Waals surface area contributed by atoms with E-state index in [4.69, 9.17) is 10.5 Å². The number of aromatic nitrogens is 3. The van der Waals surface area contributed by atoms with Gasteiger partial charge in [0.25, 0.3) is 0 Å². The molecule has 2 heterocycles. The summed E-state index contributed by atoms with van der Waals surface area (Å²) >= 11 is 3.48. The van der Waals surface area contributed by atoms with Crippen molar-refractivity contribution in [2.24, 2.45) is 0 Å². The summed E-state index contributed by atoms with van der Waals surface area (Å²) in [5.74, 6) is 2.65. The lowest BCUT2D eigenvalue weighted by atomic mass is 10.1. The second kappa shape index (κ2) is 6.92. The third-order valence-electron chi connectivity index (χ3n) is 4.29. The molecule has 0 bridgehead atoms. The maximum absolute atomic E-state index is 6.26. The molecule has 6 nitrogen and oxygen atoms in total. The highest BCUT2D eigenvalue weighted by molar-refractivity contribution is 9.10. The Morgan fingerprint density at radius 1 is 1.04 bits per heavy atom. The van der Waals surface area contributed by atoms with Crippen molar-refractivity contribution in [2.75, 3.05) is 17.7 Å². The van der Waals surface area contributed by atoms with E-state index in [0.717, 1.165) is 38.2 Å². The summed E-state index contributed by atoms with van der Waals surface area (Å²) in [4.78, 5) is 6.60. The van der Waals surface area contributed by atoms with Gasteiger partial charge < -0.3 is 10.5 Å². The number of rotatable bonds is 4. The average molecular weight is 424 g/mol. The fourth-order valence-electron chi connectivity index (χ4n) is 2.98. The molecule has 0 aliphatic rings. The van der Waals surface area contributed by atoms with Crippen molar-refractivity contribution >= 4 is 49.8 Å². The summed E-state index contributed by atoms with van der Waals surface area (Å²) in [6.07, 6.45) is 0. The number of fused-ring (bicyclic) bond motifs is 1. The zero-order valence-corrected chi connectivity index (χ0v) is 16.5. The molecule has 0 amide bonds. The monoisotopic (exact) mass is 423 g/mol. The fraction of sp³-hybridized carbons (Fsp3) is 0.100. The maximum atomic E-state index is 6.26. The van der Waals surface area contributed by atoms with Crippen LogP contribution < -0.4 is 15.4 Å². The largest absolute Gasteiger partial charge is 0.497 e. The molecule has 0 radical (unpaired) electrons. The molecule has 0 aliphatic heterocycles. The Bertz CT molecular complexity index is 1110. The molecule has 3 N–H and O–H groups in total. The number of aryl methyl sites for hydroxylation is 1. The highest BCUT2D eigenvalue weighted by Gasteiger charge is 2.18. The Kier molecular flexibility index (Phi) is 4.45. The van der Waals surface area contributed by atoms with Crippen LogP contribution in [0.3, 0.4) is 0 Å². The number of nitrogens with zero attached hydrogens (tertiary/aromatic N) is 3. The summed E-state index contributed by atoms with van der Waals surface area (Å²) in [5, 5.41) is 9.24. The average Bonchev–Trinajstić information content (AvgIpc) is 3.09. The fourth-order valence-corrected chi connectivity index (χ4v) is 3.24. The van der Waals surface area contributed by atoms with Gasteiger partial charge in [-0.15, -0.1) is 0 Å². The minimum Gasteiger partial charge on any atom is -0.497 e. The number of methoxy groups -OCH3 is 1. The van der Waals surface area contributed by atoms with Crippen LogP contribution in [-0.4, -0.2) is 22.3 Å². The zero-order valence-electron chi connectivity index (χ0n) is 14.9. The SMILES string of the molecule is COc1ccc2c(N)nc(N(c3ccc(Br)cc3)c3cc(C)[nH]n3)cc2c1.